The van der Waals surface area contributed by atoms with Gasteiger partial charge in [0.1, 0.15) is 12.0 Å². The molecule has 1 aromatic carbocycles. The van der Waals surface area contributed by atoms with E-state index in [2.05, 4.69) is 20.6 Å². The van der Waals surface area contributed by atoms with Gasteiger partial charge in [0, 0.05) is 31.7 Å². The fourth-order valence-corrected chi connectivity index (χ4v) is 4.27. The van der Waals surface area contributed by atoms with Gasteiger partial charge in [0.25, 0.3) is 0 Å². The number of aryl methyl sites for hydroxylation is 1. The van der Waals surface area contributed by atoms with Crippen LogP contribution in [0.4, 0.5) is 0 Å². The van der Waals surface area contributed by atoms with Gasteiger partial charge in [-0.3, -0.25) is 0 Å². The summed E-state index contributed by atoms with van der Waals surface area (Å²) >= 11 is 0. The van der Waals surface area contributed by atoms with E-state index in [-0.39, 0.29) is 0 Å². The fourth-order valence-electron chi connectivity index (χ4n) is 3.40. The quantitative estimate of drug-likeness (QED) is 0.514. The Kier molecular flexibility index (Phi) is 7.49. The first-order valence-electron chi connectivity index (χ1n) is 10.3. The van der Waals surface area contributed by atoms with Crippen LogP contribution in [0.15, 0.2) is 39.9 Å². The molecule has 8 nitrogen and oxygen atoms in total. The maximum absolute atomic E-state index is 11.6. The lowest BCUT2D eigenvalue weighted by molar-refractivity contribution is 0.275. The van der Waals surface area contributed by atoms with Crippen LogP contribution in [0.2, 0.25) is 0 Å². The molecule has 9 heteroatoms. The summed E-state index contributed by atoms with van der Waals surface area (Å²) in [5, 5.41) is 6.62. The van der Waals surface area contributed by atoms with Gasteiger partial charge < -0.3 is 15.1 Å². The molecular formula is C21H31N5O3S. The van der Waals surface area contributed by atoms with Gasteiger partial charge in [0.15, 0.2) is 5.96 Å². The van der Waals surface area contributed by atoms with Crippen LogP contribution in [0.25, 0.3) is 11.5 Å². The molecule has 0 bridgehead atoms. The second-order valence-electron chi connectivity index (χ2n) is 7.69. The van der Waals surface area contributed by atoms with Crippen molar-refractivity contribution in [2.75, 3.05) is 32.4 Å². The van der Waals surface area contributed by atoms with Crippen molar-refractivity contribution in [2.45, 2.75) is 33.2 Å². The number of rotatable bonds is 7. The van der Waals surface area contributed by atoms with Crippen molar-refractivity contribution in [3.8, 4) is 11.5 Å². The Labute approximate surface area is 178 Å². The summed E-state index contributed by atoms with van der Waals surface area (Å²) in [6.45, 7) is 7.16. The average molecular weight is 434 g/mol. The SMILES string of the molecule is CCNC(=NCc1coc(-c2ccc(C)cc2)n1)NCC1CCN(S(C)(=O)=O)CC1. The molecule has 0 radical (unpaired) electrons. The Morgan fingerprint density at radius 1 is 1.23 bits per heavy atom. The Morgan fingerprint density at radius 3 is 2.57 bits per heavy atom. The Bertz CT molecular complexity index is 945. The van der Waals surface area contributed by atoms with Crippen LogP contribution in [0.5, 0.6) is 0 Å². The standard InChI is InChI=1S/C21H31N5O3S/c1-4-22-21(23-13-17-9-11-26(12-10-17)30(3,27)28)24-14-19-15-29-20(25-19)18-7-5-16(2)6-8-18/h5-8,15,17H,4,9-14H2,1-3H3,(H2,22,23,24). The highest BCUT2D eigenvalue weighted by molar-refractivity contribution is 7.88. The van der Waals surface area contributed by atoms with E-state index in [1.807, 2.05) is 38.1 Å². The lowest BCUT2D eigenvalue weighted by Crippen LogP contribution is -2.44. The van der Waals surface area contributed by atoms with Gasteiger partial charge in [-0.25, -0.2) is 22.7 Å². The molecule has 2 N–H and O–H groups in total. The van der Waals surface area contributed by atoms with Gasteiger partial charge in [0.05, 0.1) is 12.8 Å². The maximum Gasteiger partial charge on any atom is 0.226 e. The summed E-state index contributed by atoms with van der Waals surface area (Å²) in [5.74, 6) is 1.74. The van der Waals surface area contributed by atoms with Crippen LogP contribution in [-0.4, -0.2) is 56.1 Å². The van der Waals surface area contributed by atoms with Crippen LogP contribution in [0, 0.1) is 12.8 Å². The van der Waals surface area contributed by atoms with Crippen LogP contribution < -0.4 is 10.6 Å². The lowest BCUT2D eigenvalue weighted by atomic mass is 9.98. The van der Waals surface area contributed by atoms with Crippen molar-refractivity contribution in [3.63, 3.8) is 0 Å². The predicted octanol–water partition coefficient (Wildman–Crippen LogP) is 2.38. The zero-order valence-corrected chi connectivity index (χ0v) is 18.7. The number of aliphatic imine (C=N–C) groups is 1. The Hall–Kier alpha value is -2.39. The molecular weight excluding hydrogens is 402 g/mol. The number of oxazole rings is 1. The number of hydrogen-bond acceptors (Lipinski definition) is 5. The third-order valence-corrected chi connectivity index (χ3v) is 6.50. The number of hydrogen-bond donors (Lipinski definition) is 2. The van der Waals surface area contributed by atoms with E-state index in [1.54, 1.807) is 10.6 Å². The number of sulfonamides is 1. The minimum Gasteiger partial charge on any atom is -0.444 e. The minimum absolute atomic E-state index is 0.414. The number of benzene rings is 1. The molecule has 3 rings (SSSR count). The smallest absolute Gasteiger partial charge is 0.226 e. The van der Waals surface area contributed by atoms with Crippen molar-refractivity contribution in [1.29, 1.82) is 0 Å². The molecule has 1 saturated heterocycles. The molecule has 0 atom stereocenters. The predicted molar refractivity (Wildman–Crippen MR) is 119 cm³/mol. The van der Waals surface area contributed by atoms with Gasteiger partial charge in [-0.2, -0.15) is 0 Å². The molecule has 2 heterocycles. The summed E-state index contributed by atoms with van der Waals surface area (Å²) in [6, 6.07) is 8.06. The van der Waals surface area contributed by atoms with Crippen molar-refractivity contribution >= 4 is 16.0 Å². The number of aromatic nitrogens is 1. The number of guanidine groups is 1. The topological polar surface area (TPSA) is 99.8 Å². The highest BCUT2D eigenvalue weighted by atomic mass is 32.2. The van der Waals surface area contributed by atoms with Gasteiger partial charge >= 0.3 is 0 Å². The van der Waals surface area contributed by atoms with E-state index in [1.165, 1.54) is 11.8 Å². The van der Waals surface area contributed by atoms with Crippen molar-refractivity contribution < 1.29 is 12.8 Å². The molecule has 164 valence electrons. The molecule has 1 aromatic heterocycles. The minimum atomic E-state index is -3.09. The normalized spacial score (nSPS) is 16.6. The van der Waals surface area contributed by atoms with E-state index in [0.29, 0.717) is 31.4 Å². The summed E-state index contributed by atoms with van der Waals surface area (Å²) in [7, 11) is -3.09. The van der Waals surface area contributed by atoms with Crippen molar-refractivity contribution in [3.05, 3.63) is 41.8 Å². The molecule has 1 fully saturated rings. The molecule has 30 heavy (non-hydrogen) atoms. The number of nitrogens with one attached hydrogen (secondary N) is 2. The molecule has 0 amide bonds. The zero-order valence-electron chi connectivity index (χ0n) is 17.9. The van der Waals surface area contributed by atoms with Crippen molar-refractivity contribution in [1.82, 2.24) is 19.9 Å². The van der Waals surface area contributed by atoms with Crippen molar-refractivity contribution in [2.24, 2.45) is 10.9 Å². The summed E-state index contributed by atoms with van der Waals surface area (Å²) in [6.07, 6.45) is 4.62. The highest BCUT2D eigenvalue weighted by Gasteiger charge is 2.24. The monoisotopic (exact) mass is 433 g/mol. The van der Waals surface area contributed by atoms with Gasteiger partial charge in [0.2, 0.25) is 15.9 Å². The maximum atomic E-state index is 11.6. The highest BCUT2D eigenvalue weighted by Crippen LogP contribution is 2.20. The third-order valence-electron chi connectivity index (χ3n) is 5.19. The average Bonchev–Trinajstić information content (AvgIpc) is 3.19. The van der Waals surface area contributed by atoms with Crippen LogP contribution in [0.3, 0.4) is 0 Å². The van der Waals surface area contributed by atoms with E-state index >= 15 is 0 Å². The van der Waals surface area contributed by atoms with Crippen LogP contribution >= 0.6 is 0 Å². The van der Waals surface area contributed by atoms with E-state index in [0.717, 1.165) is 43.1 Å². The van der Waals surface area contributed by atoms with Gasteiger partial charge in [-0.1, -0.05) is 17.7 Å². The largest absolute Gasteiger partial charge is 0.444 e. The lowest BCUT2D eigenvalue weighted by Gasteiger charge is -2.30. The molecule has 2 aromatic rings. The Morgan fingerprint density at radius 2 is 1.93 bits per heavy atom. The second kappa shape index (κ2) is 10.1. The third kappa shape index (κ3) is 6.30. The van der Waals surface area contributed by atoms with Crippen LogP contribution in [0.1, 0.15) is 31.0 Å². The van der Waals surface area contributed by atoms with E-state index in [4.69, 9.17) is 4.42 Å². The Balaban J connectivity index is 1.53. The summed E-state index contributed by atoms with van der Waals surface area (Å²) < 4.78 is 30.4. The van der Waals surface area contributed by atoms with Gasteiger partial charge in [-0.15, -0.1) is 0 Å². The summed E-state index contributed by atoms with van der Waals surface area (Å²) in [5.41, 5.74) is 2.91. The van der Waals surface area contributed by atoms with E-state index < -0.39 is 10.0 Å². The first-order chi connectivity index (χ1) is 14.3. The van der Waals surface area contributed by atoms with Gasteiger partial charge in [-0.05, 0) is 44.7 Å². The second-order valence-corrected chi connectivity index (χ2v) is 9.67. The molecule has 0 spiro atoms. The molecule has 0 saturated carbocycles. The molecule has 0 aliphatic carbocycles. The first-order valence-corrected chi connectivity index (χ1v) is 12.2. The molecule has 1 aliphatic heterocycles. The van der Waals surface area contributed by atoms with E-state index in [9.17, 15) is 8.42 Å². The summed E-state index contributed by atoms with van der Waals surface area (Å²) in [4.78, 5) is 9.14. The number of piperidine rings is 1. The molecule has 0 unspecified atom stereocenters. The van der Waals surface area contributed by atoms with Crippen LogP contribution in [-0.2, 0) is 16.6 Å². The zero-order chi connectivity index (χ0) is 21.6. The first kappa shape index (κ1) is 22.3. The molecule has 1 aliphatic rings. The number of nitrogens with zero attached hydrogens (tertiary/aromatic N) is 3. The fraction of sp³-hybridized carbons (Fsp3) is 0.524.